The summed E-state index contributed by atoms with van der Waals surface area (Å²) in [4.78, 5) is 14.9. The van der Waals surface area contributed by atoms with Crippen molar-refractivity contribution in [3.8, 4) is 5.75 Å². The van der Waals surface area contributed by atoms with Gasteiger partial charge in [-0.25, -0.2) is 9.78 Å². The van der Waals surface area contributed by atoms with Gasteiger partial charge < -0.3 is 9.84 Å². The van der Waals surface area contributed by atoms with E-state index in [1.54, 1.807) is 6.26 Å². The first kappa shape index (κ1) is 11.1. The molecule has 1 heterocycles. The van der Waals surface area contributed by atoms with Gasteiger partial charge in [-0.3, -0.25) is 0 Å². The molecular weight excluding hydrogens is 226 g/mol. The molecule has 0 saturated carbocycles. The van der Waals surface area contributed by atoms with Crippen LogP contribution in [0.1, 0.15) is 10.5 Å². The van der Waals surface area contributed by atoms with Crippen molar-refractivity contribution in [2.24, 2.45) is 0 Å². The van der Waals surface area contributed by atoms with Gasteiger partial charge in [0, 0.05) is 0 Å². The van der Waals surface area contributed by atoms with Crippen LogP contribution in [0.4, 0.5) is 0 Å². The molecule has 14 heavy (non-hydrogen) atoms. The van der Waals surface area contributed by atoms with E-state index < -0.39 is 5.97 Å². The Kier molecular flexibility index (Phi) is 3.60. The van der Waals surface area contributed by atoms with Gasteiger partial charge in [-0.15, -0.1) is 11.8 Å². The second-order valence-electron chi connectivity index (χ2n) is 2.33. The zero-order valence-corrected chi connectivity index (χ0v) is 9.15. The molecule has 0 spiro atoms. The number of carboxylic acids is 1. The molecule has 1 N–H and O–H groups in total. The van der Waals surface area contributed by atoms with Crippen LogP contribution in [0.3, 0.4) is 0 Å². The number of rotatable bonds is 3. The summed E-state index contributed by atoms with van der Waals surface area (Å²) in [6.07, 6.45) is 3.01. The normalized spacial score (nSPS) is 9.93. The monoisotopic (exact) mass is 233 g/mol. The maximum absolute atomic E-state index is 10.8. The van der Waals surface area contributed by atoms with E-state index in [1.807, 2.05) is 0 Å². The van der Waals surface area contributed by atoms with Crippen LogP contribution in [0.15, 0.2) is 11.1 Å². The van der Waals surface area contributed by atoms with Crippen LogP contribution in [-0.2, 0) is 0 Å². The van der Waals surface area contributed by atoms with Gasteiger partial charge in [-0.2, -0.15) is 0 Å². The Labute approximate surface area is 90.2 Å². The summed E-state index contributed by atoms with van der Waals surface area (Å²) in [6, 6.07) is 0. The average Bonchev–Trinajstić information content (AvgIpc) is 2.16. The lowest BCUT2D eigenvalue weighted by Gasteiger charge is -2.09. The topological polar surface area (TPSA) is 59.4 Å². The van der Waals surface area contributed by atoms with Crippen LogP contribution in [0, 0.1) is 0 Å². The zero-order chi connectivity index (χ0) is 10.7. The molecule has 0 aliphatic carbocycles. The first-order valence-corrected chi connectivity index (χ1v) is 5.21. The first-order chi connectivity index (χ1) is 6.61. The number of hydrogen-bond donors (Lipinski definition) is 1. The van der Waals surface area contributed by atoms with Crippen molar-refractivity contribution in [3.05, 3.63) is 16.9 Å². The Hall–Kier alpha value is -0.940. The van der Waals surface area contributed by atoms with Crippen LogP contribution in [0.5, 0.6) is 5.75 Å². The molecule has 0 aliphatic rings. The maximum Gasteiger partial charge on any atom is 0.355 e. The quantitative estimate of drug-likeness (QED) is 0.811. The van der Waals surface area contributed by atoms with Crippen LogP contribution >= 0.6 is 23.4 Å². The molecule has 0 unspecified atom stereocenters. The molecule has 1 aromatic rings. The van der Waals surface area contributed by atoms with E-state index in [2.05, 4.69) is 4.98 Å². The maximum atomic E-state index is 10.8. The van der Waals surface area contributed by atoms with Gasteiger partial charge in [0.05, 0.1) is 18.2 Å². The van der Waals surface area contributed by atoms with Crippen LogP contribution in [0.2, 0.25) is 5.02 Å². The highest BCUT2D eigenvalue weighted by atomic mass is 35.5. The largest absolute Gasteiger partial charge is 0.494 e. The van der Waals surface area contributed by atoms with Crippen molar-refractivity contribution < 1.29 is 14.6 Å². The fourth-order valence-electron chi connectivity index (χ4n) is 0.986. The number of hydrogen-bond acceptors (Lipinski definition) is 4. The third-order valence-corrected chi connectivity index (χ3v) is 2.61. The molecule has 1 rings (SSSR count). The molecule has 76 valence electrons. The molecule has 4 nitrogen and oxygen atoms in total. The van der Waals surface area contributed by atoms with E-state index in [4.69, 9.17) is 21.4 Å². The molecular formula is C8H8ClNO3S. The van der Waals surface area contributed by atoms with Crippen molar-refractivity contribution in [3.63, 3.8) is 0 Å². The summed E-state index contributed by atoms with van der Waals surface area (Å²) in [7, 11) is 1.44. The van der Waals surface area contributed by atoms with Gasteiger partial charge in [0.1, 0.15) is 5.02 Å². The molecule has 0 atom stereocenters. The number of ether oxygens (including phenoxy) is 1. The second-order valence-corrected chi connectivity index (χ2v) is 3.55. The number of pyridine rings is 1. The lowest BCUT2D eigenvalue weighted by atomic mass is 10.3. The Morgan fingerprint density at radius 1 is 1.71 bits per heavy atom. The van der Waals surface area contributed by atoms with E-state index >= 15 is 0 Å². The molecule has 0 aliphatic heterocycles. The molecule has 0 radical (unpaired) electrons. The molecule has 6 heteroatoms. The van der Waals surface area contributed by atoms with Crippen molar-refractivity contribution in [1.82, 2.24) is 4.98 Å². The molecule has 1 aromatic heterocycles. The van der Waals surface area contributed by atoms with Gasteiger partial charge in [0.25, 0.3) is 0 Å². The summed E-state index contributed by atoms with van der Waals surface area (Å²) >= 11 is 7.03. The Morgan fingerprint density at radius 3 is 2.79 bits per heavy atom. The van der Waals surface area contributed by atoms with Gasteiger partial charge in [0.2, 0.25) is 0 Å². The van der Waals surface area contributed by atoms with Crippen molar-refractivity contribution in [2.75, 3.05) is 13.4 Å². The van der Waals surface area contributed by atoms with Gasteiger partial charge >= 0.3 is 5.97 Å². The number of carbonyl (C=O) groups is 1. The van der Waals surface area contributed by atoms with Crippen molar-refractivity contribution >= 4 is 29.3 Å². The number of halogens is 1. The molecule has 0 amide bonds. The highest BCUT2D eigenvalue weighted by Crippen LogP contribution is 2.35. The fourth-order valence-corrected chi connectivity index (χ4v) is 1.97. The predicted octanol–water partition coefficient (Wildman–Crippen LogP) is 2.16. The molecule has 0 fully saturated rings. The molecule has 0 aromatic carbocycles. The average molecular weight is 234 g/mol. The zero-order valence-electron chi connectivity index (χ0n) is 7.57. The van der Waals surface area contributed by atoms with Crippen LogP contribution < -0.4 is 4.74 Å². The third-order valence-electron chi connectivity index (χ3n) is 1.56. The van der Waals surface area contributed by atoms with E-state index in [-0.39, 0.29) is 5.69 Å². The number of methoxy groups -OCH3 is 1. The lowest BCUT2D eigenvalue weighted by Crippen LogP contribution is -2.04. The minimum Gasteiger partial charge on any atom is -0.494 e. The van der Waals surface area contributed by atoms with Gasteiger partial charge in [0.15, 0.2) is 11.4 Å². The number of nitrogens with zero attached hydrogens (tertiary/aromatic N) is 1. The van der Waals surface area contributed by atoms with Crippen molar-refractivity contribution in [1.29, 1.82) is 0 Å². The van der Waals surface area contributed by atoms with Crippen LogP contribution in [0.25, 0.3) is 0 Å². The summed E-state index contributed by atoms with van der Waals surface area (Å²) in [5.74, 6) is -0.740. The van der Waals surface area contributed by atoms with Crippen LogP contribution in [-0.4, -0.2) is 29.4 Å². The lowest BCUT2D eigenvalue weighted by molar-refractivity contribution is 0.0685. The Bertz CT molecular complexity index is 370. The summed E-state index contributed by atoms with van der Waals surface area (Å²) in [5.41, 5.74) is -0.0428. The van der Waals surface area contributed by atoms with Crippen molar-refractivity contribution in [2.45, 2.75) is 4.90 Å². The smallest absolute Gasteiger partial charge is 0.355 e. The molecule has 0 bridgehead atoms. The van der Waals surface area contributed by atoms with E-state index in [0.29, 0.717) is 15.7 Å². The summed E-state index contributed by atoms with van der Waals surface area (Å²) < 4.78 is 5.00. The highest BCUT2D eigenvalue weighted by molar-refractivity contribution is 7.98. The molecule has 0 saturated heterocycles. The number of carboxylic acid groups (broad SMARTS) is 1. The second kappa shape index (κ2) is 4.52. The van der Waals surface area contributed by atoms with Gasteiger partial charge in [-0.1, -0.05) is 11.6 Å². The minimum atomic E-state index is -1.09. The number of thioether (sulfide) groups is 1. The fraction of sp³-hybridized carbons (Fsp3) is 0.250. The number of aromatic carboxylic acids is 1. The first-order valence-electron chi connectivity index (χ1n) is 3.61. The summed E-state index contributed by atoms with van der Waals surface area (Å²) in [6.45, 7) is 0. The minimum absolute atomic E-state index is 0.0428. The van der Waals surface area contributed by atoms with Gasteiger partial charge in [-0.05, 0) is 6.26 Å². The standard InChI is InChI=1S/C8H8ClNO3S/c1-13-6-4(9)3-10-5(8(11)12)7(6)14-2/h3H,1-2H3,(H,11,12). The SMILES string of the molecule is COc1c(Cl)cnc(C(=O)O)c1SC. The predicted molar refractivity (Wildman–Crippen MR) is 54.5 cm³/mol. The van der Waals surface area contributed by atoms with E-state index in [0.717, 1.165) is 0 Å². The number of aromatic nitrogens is 1. The Balaban J connectivity index is 3.40. The third kappa shape index (κ3) is 1.93. The van der Waals surface area contributed by atoms with E-state index in [1.165, 1.54) is 25.1 Å². The van der Waals surface area contributed by atoms with E-state index in [9.17, 15) is 4.79 Å². The Morgan fingerprint density at radius 2 is 2.36 bits per heavy atom. The summed E-state index contributed by atoms with van der Waals surface area (Å²) in [5, 5.41) is 9.14. The highest BCUT2D eigenvalue weighted by Gasteiger charge is 2.18.